The molecule has 2 aliphatic heterocycles. The quantitative estimate of drug-likeness (QED) is 0.477. The zero-order chi connectivity index (χ0) is 25.4. The van der Waals surface area contributed by atoms with E-state index in [-0.39, 0.29) is 16.6 Å². The normalized spacial score (nSPS) is 21.3. The zero-order valence-electron chi connectivity index (χ0n) is 20.1. The number of carbonyl (C=O) groups is 1. The first-order valence-corrected chi connectivity index (χ1v) is 12.5. The van der Waals surface area contributed by atoms with Gasteiger partial charge >= 0.3 is 0 Å². The number of ether oxygens (including phenoxy) is 1. The fourth-order valence-corrected chi connectivity index (χ4v) is 4.82. The Bertz CT molecular complexity index is 1350. The largest absolute Gasteiger partial charge is 0.497 e. The van der Waals surface area contributed by atoms with Gasteiger partial charge in [-0.2, -0.15) is 5.10 Å². The molecule has 10 nitrogen and oxygen atoms in total. The van der Waals surface area contributed by atoms with E-state index in [2.05, 4.69) is 37.4 Å². The lowest BCUT2D eigenvalue weighted by molar-refractivity contribution is 0.0975. The van der Waals surface area contributed by atoms with Crippen LogP contribution in [0.1, 0.15) is 40.7 Å². The first-order chi connectivity index (χ1) is 17.3. The van der Waals surface area contributed by atoms with E-state index in [0.29, 0.717) is 45.3 Å². The molecule has 12 heteroatoms. The van der Waals surface area contributed by atoms with Gasteiger partial charge in [-0.05, 0) is 60.0 Å². The molecule has 0 bridgehead atoms. The fraction of sp³-hybridized carbons (Fsp3) is 0.375. The molecule has 1 fully saturated rings. The average Bonchev–Trinajstić information content (AvgIpc) is 3.49. The molecule has 0 spiro atoms. The van der Waals surface area contributed by atoms with Gasteiger partial charge in [0.05, 0.1) is 13.3 Å². The van der Waals surface area contributed by atoms with Crippen molar-refractivity contribution in [1.29, 1.82) is 0 Å². The number of amides is 1. The fourth-order valence-electron chi connectivity index (χ4n) is 3.80. The number of aromatic nitrogens is 2. The average molecular weight is 526 g/mol. The number of nitrogens with zero attached hydrogens (tertiary/aromatic N) is 6. The maximum absolute atomic E-state index is 13.5. The molecule has 1 N–H and O–H groups in total. The summed E-state index contributed by atoms with van der Waals surface area (Å²) in [6.45, 7) is 1.72. The van der Waals surface area contributed by atoms with Gasteiger partial charge in [0.1, 0.15) is 11.8 Å². The Morgan fingerprint density at radius 3 is 2.78 bits per heavy atom. The number of amidine groups is 2. The molecule has 1 amide bonds. The van der Waals surface area contributed by atoms with E-state index in [1.54, 1.807) is 49.3 Å². The van der Waals surface area contributed by atoms with Gasteiger partial charge in [0.15, 0.2) is 15.8 Å². The number of aliphatic imine (C=N–C) groups is 1. The highest BCUT2D eigenvalue weighted by molar-refractivity contribution is 8.14. The van der Waals surface area contributed by atoms with Gasteiger partial charge in [-0.3, -0.25) is 15.1 Å². The molecule has 1 aromatic heterocycles. The summed E-state index contributed by atoms with van der Waals surface area (Å²) in [6.07, 6.45) is 3.86. The molecule has 3 heterocycles. The zero-order valence-corrected chi connectivity index (χ0v) is 21.7. The van der Waals surface area contributed by atoms with Gasteiger partial charge in [0.2, 0.25) is 11.8 Å². The molecule has 1 aliphatic carbocycles. The van der Waals surface area contributed by atoms with Crippen molar-refractivity contribution in [1.82, 2.24) is 25.4 Å². The van der Waals surface area contributed by atoms with Crippen molar-refractivity contribution in [2.24, 2.45) is 16.0 Å². The number of rotatable bonds is 4. The Morgan fingerprint density at radius 1 is 1.28 bits per heavy atom. The van der Waals surface area contributed by atoms with Crippen LogP contribution in [0.4, 0.5) is 0 Å². The van der Waals surface area contributed by atoms with Crippen molar-refractivity contribution in [3.05, 3.63) is 47.2 Å². The van der Waals surface area contributed by atoms with Crippen LogP contribution in [-0.2, 0) is 4.74 Å². The van der Waals surface area contributed by atoms with Gasteiger partial charge in [-0.15, -0.1) is 10.2 Å². The molecular formula is C24H24ClN7O3S. The summed E-state index contributed by atoms with van der Waals surface area (Å²) in [6, 6.07) is 4.79. The third-order valence-electron chi connectivity index (χ3n) is 5.87. The van der Waals surface area contributed by atoms with Crippen LogP contribution in [0, 0.1) is 24.7 Å². The topological polar surface area (TPSA) is 108 Å². The minimum atomic E-state index is -0.511. The number of likely N-dealkylation sites (N-methyl/N-ethyl adjacent to an activating group) is 1. The summed E-state index contributed by atoms with van der Waals surface area (Å²) in [4.78, 5) is 19.4. The SMILES string of the molecule is COC1=CN=C(Cl)N(C)C1c1cc(-c2nnc(C)o2)ccc1C(=O)NC1=NN(C)C(C#CC2CC2)S1. The maximum Gasteiger partial charge on any atom is 0.257 e. The highest BCUT2D eigenvalue weighted by Gasteiger charge is 2.33. The van der Waals surface area contributed by atoms with E-state index in [4.69, 9.17) is 20.8 Å². The van der Waals surface area contributed by atoms with E-state index in [1.165, 1.54) is 11.8 Å². The molecule has 5 rings (SSSR count). The number of thioether (sulfide) groups is 1. The van der Waals surface area contributed by atoms with Crippen molar-refractivity contribution < 1.29 is 13.9 Å². The number of aryl methyl sites for hydroxylation is 1. The Morgan fingerprint density at radius 2 is 2.08 bits per heavy atom. The van der Waals surface area contributed by atoms with Crippen molar-refractivity contribution in [3.8, 4) is 23.3 Å². The highest BCUT2D eigenvalue weighted by Crippen LogP contribution is 2.36. The van der Waals surface area contributed by atoms with Crippen molar-refractivity contribution >= 4 is 39.7 Å². The number of methoxy groups -OCH3 is 1. The van der Waals surface area contributed by atoms with Crippen LogP contribution in [0.2, 0.25) is 0 Å². The Hall–Kier alpha value is -3.49. The van der Waals surface area contributed by atoms with Gasteiger partial charge in [-0.25, -0.2) is 4.99 Å². The van der Waals surface area contributed by atoms with E-state index < -0.39 is 6.04 Å². The van der Waals surface area contributed by atoms with Gasteiger partial charge in [0.25, 0.3) is 5.91 Å². The molecule has 1 aromatic carbocycles. The number of hydrogen-bond donors (Lipinski definition) is 1. The molecular weight excluding hydrogens is 502 g/mol. The van der Waals surface area contributed by atoms with E-state index in [9.17, 15) is 4.79 Å². The smallest absolute Gasteiger partial charge is 0.257 e. The maximum atomic E-state index is 13.5. The summed E-state index contributed by atoms with van der Waals surface area (Å²) in [5.74, 6) is 7.98. The Kier molecular flexibility index (Phi) is 6.64. The molecule has 186 valence electrons. The number of hydrogen-bond acceptors (Lipinski definition) is 10. The second-order valence-corrected chi connectivity index (χ2v) is 9.95. The minimum absolute atomic E-state index is 0.133. The van der Waals surface area contributed by atoms with Crippen LogP contribution in [-0.4, -0.2) is 63.1 Å². The first kappa shape index (κ1) is 24.2. The third-order valence-corrected chi connectivity index (χ3v) is 7.28. The van der Waals surface area contributed by atoms with E-state index in [0.717, 1.165) is 12.8 Å². The molecule has 36 heavy (non-hydrogen) atoms. The molecule has 0 saturated heterocycles. The molecule has 2 unspecified atom stereocenters. The van der Waals surface area contributed by atoms with Gasteiger partial charge in [-0.1, -0.05) is 11.8 Å². The molecule has 2 atom stereocenters. The van der Waals surface area contributed by atoms with Crippen molar-refractivity contribution in [2.45, 2.75) is 31.2 Å². The monoisotopic (exact) mass is 525 g/mol. The summed E-state index contributed by atoms with van der Waals surface area (Å²) >= 11 is 7.76. The highest BCUT2D eigenvalue weighted by atomic mass is 35.5. The standard InChI is InChI=1S/C24H24ClN7O3S/c1-13-28-29-22(35-13)15-8-9-16(17(11-15)20-18(34-4)12-26-23(25)31(20)2)21(33)27-24-30-32(3)19(36-24)10-7-14-5-6-14/h8-9,11-12,14,19-20H,5-6H2,1-4H3,(H,27,30,33). The van der Waals surface area contributed by atoms with Gasteiger partial charge < -0.3 is 14.1 Å². The molecule has 0 radical (unpaired) electrons. The first-order valence-electron chi connectivity index (χ1n) is 11.3. The molecule has 1 saturated carbocycles. The Labute approximate surface area is 217 Å². The van der Waals surface area contributed by atoms with E-state index >= 15 is 0 Å². The number of hydrazone groups is 1. The third kappa shape index (κ3) is 4.92. The summed E-state index contributed by atoms with van der Waals surface area (Å²) in [7, 11) is 5.18. The van der Waals surface area contributed by atoms with Crippen LogP contribution >= 0.6 is 23.4 Å². The Balaban J connectivity index is 1.47. The van der Waals surface area contributed by atoms with Gasteiger partial charge in [0, 0.05) is 38.1 Å². The lowest BCUT2D eigenvalue weighted by Crippen LogP contribution is -2.35. The summed E-state index contributed by atoms with van der Waals surface area (Å²) in [5.41, 5.74) is 1.71. The van der Waals surface area contributed by atoms with Crippen LogP contribution in [0.15, 0.2) is 44.7 Å². The lowest BCUT2D eigenvalue weighted by Gasteiger charge is -2.33. The number of benzene rings is 1. The van der Waals surface area contributed by atoms with Crippen LogP contribution in [0.5, 0.6) is 0 Å². The van der Waals surface area contributed by atoms with Crippen molar-refractivity contribution in [3.63, 3.8) is 0 Å². The van der Waals surface area contributed by atoms with E-state index in [1.807, 2.05) is 13.1 Å². The van der Waals surface area contributed by atoms with Crippen molar-refractivity contribution in [2.75, 3.05) is 21.2 Å². The minimum Gasteiger partial charge on any atom is -0.497 e. The van der Waals surface area contributed by atoms with Crippen LogP contribution in [0.3, 0.4) is 0 Å². The number of halogens is 1. The predicted molar refractivity (Wildman–Crippen MR) is 138 cm³/mol. The van der Waals surface area contributed by atoms with Crippen LogP contribution < -0.4 is 5.32 Å². The second-order valence-electron chi connectivity index (χ2n) is 8.54. The second kappa shape index (κ2) is 9.87. The van der Waals surface area contributed by atoms with Crippen LogP contribution in [0.25, 0.3) is 11.5 Å². The lowest BCUT2D eigenvalue weighted by atomic mass is 9.94. The number of carbonyl (C=O) groups excluding carboxylic acids is 1. The summed E-state index contributed by atoms with van der Waals surface area (Å²) in [5, 5.41) is 17.8. The summed E-state index contributed by atoms with van der Waals surface area (Å²) < 4.78 is 11.2. The molecule has 3 aliphatic rings. The predicted octanol–water partition coefficient (Wildman–Crippen LogP) is 3.53. The molecule has 2 aromatic rings. The number of nitrogens with one attached hydrogen (secondary N) is 1.